The summed E-state index contributed by atoms with van der Waals surface area (Å²) in [5, 5.41) is 0.737. The molecule has 0 saturated carbocycles. The lowest BCUT2D eigenvalue weighted by atomic mass is 10.3. The number of aryl methyl sites for hydroxylation is 1. The number of imidazole rings is 1. The average molecular weight is 243 g/mol. The van der Waals surface area contributed by atoms with Gasteiger partial charge in [0.25, 0.3) is 0 Å². The number of hydrogen-bond acceptors (Lipinski definition) is 1. The molecule has 1 heterocycles. The minimum atomic E-state index is 0.437. The first-order valence-electron chi connectivity index (χ1n) is 4.97. The summed E-state index contributed by atoms with van der Waals surface area (Å²) >= 11 is 11.8. The van der Waals surface area contributed by atoms with E-state index in [1.165, 1.54) is 0 Å². The number of benzene rings is 1. The molecule has 0 unspecified atom stereocenters. The smallest absolute Gasteiger partial charge is 0.124 e. The molecule has 0 atom stereocenters. The molecule has 80 valence electrons. The van der Waals surface area contributed by atoms with E-state index in [0.717, 1.165) is 34.8 Å². The second kappa shape index (κ2) is 4.42. The quantitative estimate of drug-likeness (QED) is 0.749. The summed E-state index contributed by atoms with van der Waals surface area (Å²) in [6.45, 7) is 3.06. The van der Waals surface area contributed by atoms with Crippen molar-refractivity contribution < 1.29 is 0 Å². The molecule has 0 radical (unpaired) electrons. The van der Waals surface area contributed by atoms with Crippen molar-refractivity contribution in [3.8, 4) is 0 Å². The average Bonchev–Trinajstić information content (AvgIpc) is 2.57. The number of alkyl halides is 1. The minimum Gasteiger partial charge on any atom is -0.327 e. The highest BCUT2D eigenvalue weighted by Gasteiger charge is 2.09. The zero-order chi connectivity index (χ0) is 10.8. The third kappa shape index (κ3) is 1.97. The molecule has 0 saturated heterocycles. The van der Waals surface area contributed by atoms with Gasteiger partial charge in [-0.25, -0.2) is 4.98 Å². The molecule has 2 nitrogen and oxygen atoms in total. The third-order valence-corrected chi connectivity index (χ3v) is 2.83. The Hall–Kier alpha value is -0.730. The van der Waals surface area contributed by atoms with Crippen LogP contribution in [-0.4, -0.2) is 9.55 Å². The van der Waals surface area contributed by atoms with Crippen molar-refractivity contribution in [3.05, 3.63) is 29.0 Å². The fourth-order valence-corrected chi connectivity index (χ4v) is 2.09. The lowest BCUT2D eigenvalue weighted by molar-refractivity contribution is 0.672. The highest BCUT2D eigenvalue weighted by atomic mass is 35.5. The molecular formula is C11H12Cl2N2. The Labute approximate surface area is 98.8 Å². The Bertz CT molecular complexity index is 477. The maximum absolute atomic E-state index is 5.97. The van der Waals surface area contributed by atoms with Gasteiger partial charge in [0.05, 0.1) is 16.9 Å². The Kier molecular flexibility index (Phi) is 3.17. The summed E-state index contributed by atoms with van der Waals surface area (Å²) in [7, 11) is 0. The summed E-state index contributed by atoms with van der Waals surface area (Å²) < 4.78 is 2.13. The molecule has 0 N–H and O–H groups in total. The molecule has 0 fully saturated rings. The summed E-state index contributed by atoms with van der Waals surface area (Å²) in [6, 6.07) is 5.72. The molecule has 0 aliphatic heterocycles. The van der Waals surface area contributed by atoms with Gasteiger partial charge in [-0.05, 0) is 24.6 Å². The SMILES string of the molecule is CCCn1c(CCl)nc2ccc(Cl)cc21. The van der Waals surface area contributed by atoms with Gasteiger partial charge in [0, 0.05) is 11.6 Å². The van der Waals surface area contributed by atoms with Crippen LogP contribution in [0, 0.1) is 0 Å². The van der Waals surface area contributed by atoms with Crippen molar-refractivity contribution in [1.82, 2.24) is 9.55 Å². The van der Waals surface area contributed by atoms with Crippen molar-refractivity contribution in [2.24, 2.45) is 0 Å². The van der Waals surface area contributed by atoms with Crippen molar-refractivity contribution >= 4 is 34.2 Å². The van der Waals surface area contributed by atoms with E-state index < -0.39 is 0 Å². The molecule has 4 heteroatoms. The molecule has 2 aromatic rings. The summed E-state index contributed by atoms with van der Waals surface area (Å²) in [5.41, 5.74) is 2.03. The van der Waals surface area contributed by atoms with E-state index in [0.29, 0.717) is 5.88 Å². The van der Waals surface area contributed by atoms with Crippen molar-refractivity contribution in [3.63, 3.8) is 0 Å². The first kappa shape index (κ1) is 10.8. The maximum atomic E-state index is 5.97. The van der Waals surface area contributed by atoms with Crippen LogP contribution in [0.5, 0.6) is 0 Å². The number of nitrogens with zero attached hydrogens (tertiary/aromatic N) is 2. The summed E-state index contributed by atoms with van der Waals surface area (Å²) in [5.74, 6) is 1.35. The van der Waals surface area contributed by atoms with Gasteiger partial charge in [0.1, 0.15) is 5.82 Å². The van der Waals surface area contributed by atoms with E-state index >= 15 is 0 Å². The molecule has 0 aliphatic carbocycles. The molecule has 15 heavy (non-hydrogen) atoms. The fraction of sp³-hybridized carbons (Fsp3) is 0.364. The standard InChI is InChI=1S/C11H12Cl2N2/c1-2-5-15-10-6-8(13)3-4-9(10)14-11(15)7-12/h3-4,6H,2,5,7H2,1H3. The van der Waals surface area contributed by atoms with Gasteiger partial charge >= 0.3 is 0 Å². The van der Waals surface area contributed by atoms with Crippen LogP contribution in [0.1, 0.15) is 19.2 Å². The second-order valence-corrected chi connectivity index (χ2v) is 4.15. The molecule has 0 spiro atoms. The van der Waals surface area contributed by atoms with Crippen LogP contribution in [0.2, 0.25) is 5.02 Å². The zero-order valence-corrected chi connectivity index (χ0v) is 10.0. The normalized spacial score (nSPS) is 11.1. The molecule has 0 aliphatic rings. The van der Waals surface area contributed by atoms with Crippen molar-refractivity contribution in [2.45, 2.75) is 25.8 Å². The van der Waals surface area contributed by atoms with E-state index in [9.17, 15) is 0 Å². The van der Waals surface area contributed by atoms with Crippen LogP contribution < -0.4 is 0 Å². The minimum absolute atomic E-state index is 0.437. The van der Waals surface area contributed by atoms with Crippen LogP contribution in [-0.2, 0) is 12.4 Å². The number of hydrogen-bond donors (Lipinski definition) is 0. The molecule has 0 bridgehead atoms. The predicted octanol–water partition coefficient (Wildman–Crippen LogP) is 3.84. The number of fused-ring (bicyclic) bond motifs is 1. The van der Waals surface area contributed by atoms with Gasteiger partial charge in [0.2, 0.25) is 0 Å². The Morgan fingerprint density at radius 1 is 1.40 bits per heavy atom. The van der Waals surface area contributed by atoms with Gasteiger partial charge in [-0.15, -0.1) is 11.6 Å². The first-order chi connectivity index (χ1) is 7.26. The van der Waals surface area contributed by atoms with Crippen molar-refractivity contribution in [1.29, 1.82) is 0 Å². The van der Waals surface area contributed by atoms with E-state index in [-0.39, 0.29) is 0 Å². The molecule has 0 amide bonds. The van der Waals surface area contributed by atoms with Crippen LogP contribution in [0.3, 0.4) is 0 Å². The van der Waals surface area contributed by atoms with Crippen LogP contribution >= 0.6 is 23.2 Å². The van der Waals surface area contributed by atoms with Gasteiger partial charge in [-0.3, -0.25) is 0 Å². The number of rotatable bonds is 3. The molecule has 2 rings (SSSR count). The Balaban J connectivity index is 2.65. The Morgan fingerprint density at radius 2 is 2.20 bits per heavy atom. The highest BCUT2D eigenvalue weighted by Crippen LogP contribution is 2.21. The highest BCUT2D eigenvalue weighted by molar-refractivity contribution is 6.31. The molecular weight excluding hydrogens is 231 g/mol. The van der Waals surface area contributed by atoms with Gasteiger partial charge < -0.3 is 4.57 Å². The van der Waals surface area contributed by atoms with E-state index in [1.54, 1.807) is 0 Å². The van der Waals surface area contributed by atoms with Crippen molar-refractivity contribution in [2.75, 3.05) is 0 Å². The predicted molar refractivity (Wildman–Crippen MR) is 64.6 cm³/mol. The first-order valence-corrected chi connectivity index (χ1v) is 5.88. The van der Waals surface area contributed by atoms with Gasteiger partial charge in [-0.2, -0.15) is 0 Å². The van der Waals surface area contributed by atoms with Crippen LogP contribution in [0.25, 0.3) is 11.0 Å². The van der Waals surface area contributed by atoms with Gasteiger partial charge in [0.15, 0.2) is 0 Å². The zero-order valence-electron chi connectivity index (χ0n) is 8.50. The van der Waals surface area contributed by atoms with Crippen LogP contribution in [0.4, 0.5) is 0 Å². The second-order valence-electron chi connectivity index (χ2n) is 3.45. The number of halogens is 2. The van der Waals surface area contributed by atoms with E-state index in [2.05, 4.69) is 16.5 Å². The monoisotopic (exact) mass is 242 g/mol. The Morgan fingerprint density at radius 3 is 2.87 bits per heavy atom. The molecule has 1 aromatic heterocycles. The van der Waals surface area contributed by atoms with E-state index in [1.807, 2.05) is 18.2 Å². The number of aromatic nitrogens is 2. The topological polar surface area (TPSA) is 17.8 Å². The van der Waals surface area contributed by atoms with Crippen LogP contribution in [0.15, 0.2) is 18.2 Å². The third-order valence-electron chi connectivity index (χ3n) is 2.36. The summed E-state index contributed by atoms with van der Waals surface area (Å²) in [4.78, 5) is 4.46. The van der Waals surface area contributed by atoms with Gasteiger partial charge in [-0.1, -0.05) is 18.5 Å². The largest absolute Gasteiger partial charge is 0.327 e. The lowest BCUT2D eigenvalue weighted by Gasteiger charge is -2.04. The fourth-order valence-electron chi connectivity index (χ4n) is 1.72. The van der Waals surface area contributed by atoms with E-state index in [4.69, 9.17) is 23.2 Å². The summed E-state index contributed by atoms with van der Waals surface area (Å²) in [6.07, 6.45) is 1.06. The maximum Gasteiger partial charge on any atom is 0.124 e. The lowest BCUT2D eigenvalue weighted by Crippen LogP contribution is -2.01. The molecule has 1 aromatic carbocycles.